The molecule has 2 heterocycles. The molecule has 0 aliphatic carbocycles. The Kier molecular flexibility index (Phi) is 7.04. The van der Waals surface area contributed by atoms with E-state index in [1.54, 1.807) is 0 Å². The minimum Gasteiger partial charge on any atom is -0.456 e. The highest BCUT2D eigenvalue weighted by molar-refractivity contribution is 7.26. The number of rotatable bonds is 6. The van der Waals surface area contributed by atoms with E-state index in [-0.39, 0.29) is 0 Å². The smallest absolute Gasteiger partial charge is 0.137 e. The first-order chi connectivity index (χ1) is 25.3. The van der Waals surface area contributed by atoms with E-state index in [1.807, 2.05) is 17.4 Å². The number of para-hydroxylation sites is 3. The maximum Gasteiger partial charge on any atom is 0.137 e. The van der Waals surface area contributed by atoms with E-state index in [0.29, 0.717) is 0 Å². The number of hydrogen-bond acceptors (Lipinski definition) is 3. The van der Waals surface area contributed by atoms with Crippen molar-refractivity contribution in [2.45, 2.75) is 0 Å². The van der Waals surface area contributed by atoms with Crippen molar-refractivity contribution in [1.82, 2.24) is 0 Å². The first-order valence-electron chi connectivity index (χ1n) is 17.3. The highest BCUT2D eigenvalue weighted by atomic mass is 32.1. The fourth-order valence-corrected chi connectivity index (χ4v) is 8.80. The summed E-state index contributed by atoms with van der Waals surface area (Å²) in [5.74, 6) is 0. The van der Waals surface area contributed by atoms with Gasteiger partial charge >= 0.3 is 0 Å². The Morgan fingerprint density at radius 2 is 0.902 bits per heavy atom. The first kappa shape index (κ1) is 29.5. The van der Waals surface area contributed by atoms with Crippen LogP contribution in [0.4, 0.5) is 17.1 Å². The molecule has 3 heteroatoms. The van der Waals surface area contributed by atoms with Crippen molar-refractivity contribution < 1.29 is 4.42 Å². The zero-order valence-electron chi connectivity index (χ0n) is 27.7. The number of benzene rings is 8. The first-order valence-corrected chi connectivity index (χ1v) is 18.1. The molecule has 2 aromatic heterocycles. The van der Waals surface area contributed by atoms with Crippen molar-refractivity contribution in [2.75, 3.05) is 4.90 Å². The summed E-state index contributed by atoms with van der Waals surface area (Å²) in [6, 6.07) is 67.4. The lowest BCUT2D eigenvalue weighted by molar-refractivity contribution is 0.669. The molecule has 10 aromatic rings. The van der Waals surface area contributed by atoms with Crippen molar-refractivity contribution in [3.63, 3.8) is 0 Å². The van der Waals surface area contributed by atoms with Crippen molar-refractivity contribution in [3.8, 4) is 33.4 Å². The van der Waals surface area contributed by atoms with Gasteiger partial charge in [-0.2, -0.15) is 0 Å². The average molecular weight is 670 g/mol. The molecule has 0 aliphatic rings. The summed E-state index contributed by atoms with van der Waals surface area (Å²) in [6.45, 7) is 0. The highest BCUT2D eigenvalue weighted by Gasteiger charge is 2.25. The molecule has 0 radical (unpaired) electrons. The van der Waals surface area contributed by atoms with Crippen LogP contribution in [0.15, 0.2) is 192 Å². The number of hydrogen-bond donors (Lipinski definition) is 0. The Balaban J connectivity index is 1.24. The van der Waals surface area contributed by atoms with Gasteiger partial charge in [-0.05, 0) is 53.1 Å². The van der Waals surface area contributed by atoms with Crippen LogP contribution in [0.2, 0.25) is 0 Å². The van der Waals surface area contributed by atoms with Gasteiger partial charge in [-0.3, -0.25) is 0 Å². The molecule has 0 fully saturated rings. The lowest BCUT2D eigenvalue weighted by Gasteiger charge is -2.30. The predicted octanol–water partition coefficient (Wildman–Crippen LogP) is 14.4. The van der Waals surface area contributed by atoms with Crippen LogP contribution in [0.3, 0.4) is 0 Å². The fourth-order valence-electron chi connectivity index (χ4n) is 7.57. The molecule has 0 aliphatic heterocycles. The van der Waals surface area contributed by atoms with Crippen LogP contribution >= 0.6 is 11.3 Å². The number of furan rings is 1. The van der Waals surface area contributed by atoms with Gasteiger partial charge in [-0.1, -0.05) is 152 Å². The molecule has 0 saturated heterocycles. The SMILES string of the molecule is c1ccc(-c2ccc(-c3ccccc3N(c3ccccc3-c3cccc4c3sc3ccccc34)c3cccc4oc5ccccc5c34)cc2)cc1. The molecule has 0 bridgehead atoms. The van der Waals surface area contributed by atoms with E-state index in [9.17, 15) is 0 Å². The normalized spacial score (nSPS) is 11.5. The molecule has 0 unspecified atom stereocenters. The van der Waals surface area contributed by atoms with Crippen LogP contribution in [0, 0.1) is 0 Å². The number of thiophene rings is 1. The molecule has 0 N–H and O–H groups in total. The van der Waals surface area contributed by atoms with Gasteiger partial charge in [0.25, 0.3) is 0 Å². The second-order valence-corrected chi connectivity index (χ2v) is 13.9. The van der Waals surface area contributed by atoms with Crippen LogP contribution in [-0.4, -0.2) is 0 Å². The Morgan fingerprint density at radius 3 is 1.75 bits per heavy atom. The van der Waals surface area contributed by atoms with E-state index in [2.05, 4.69) is 187 Å². The molecule has 0 saturated carbocycles. The van der Waals surface area contributed by atoms with E-state index >= 15 is 0 Å². The summed E-state index contributed by atoms with van der Waals surface area (Å²) in [4.78, 5) is 2.45. The standard InChI is InChI=1S/C48H31NOS/c1-2-14-32(15-3-1)33-28-30-34(31-29-33)35-16-4-8-22-41(35)49(43-24-13-26-45-47(43)40-19-6-10-25-44(40)50-45)42-23-9-5-17-36(42)38-20-12-21-39-37-18-7-11-27-46(37)51-48(38)39/h1-31H. The van der Waals surface area contributed by atoms with Crippen LogP contribution in [-0.2, 0) is 0 Å². The fraction of sp³-hybridized carbons (Fsp3) is 0. The quantitative estimate of drug-likeness (QED) is 0.175. The van der Waals surface area contributed by atoms with Crippen molar-refractivity contribution in [1.29, 1.82) is 0 Å². The number of anilines is 3. The molecule has 10 rings (SSSR count). The predicted molar refractivity (Wildman–Crippen MR) is 218 cm³/mol. The van der Waals surface area contributed by atoms with E-state index in [1.165, 1.54) is 42.4 Å². The third kappa shape index (κ3) is 4.93. The topological polar surface area (TPSA) is 16.4 Å². The average Bonchev–Trinajstić information content (AvgIpc) is 3.78. The third-order valence-electron chi connectivity index (χ3n) is 9.91. The van der Waals surface area contributed by atoms with Gasteiger partial charge in [0.1, 0.15) is 11.2 Å². The number of nitrogens with zero attached hydrogens (tertiary/aromatic N) is 1. The highest BCUT2D eigenvalue weighted by Crippen LogP contribution is 2.50. The van der Waals surface area contributed by atoms with Gasteiger partial charge in [-0.15, -0.1) is 11.3 Å². The summed E-state index contributed by atoms with van der Waals surface area (Å²) >= 11 is 1.87. The Hall–Kier alpha value is -6.42. The largest absolute Gasteiger partial charge is 0.456 e. The maximum atomic E-state index is 6.47. The summed E-state index contributed by atoms with van der Waals surface area (Å²) in [6.07, 6.45) is 0. The van der Waals surface area contributed by atoms with E-state index in [0.717, 1.165) is 50.1 Å². The Bertz CT molecular complexity index is 2860. The molecule has 0 amide bonds. The van der Waals surface area contributed by atoms with Crippen LogP contribution < -0.4 is 4.90 Å². The second-order valence-electron chi connectivity index (χ2n) is 12.8. The second kappa shape index (κ2) is 12.2. The summed E-state index contributed by atoms with van der Waals surface area (Å²) in [7, 11) is 0. The van der Waals surface area contributed by atoms with Gasteiger partial charge in [0.15, 0.2) is 0 Å². The van der Waals surface area contributed by atoms with Gasteiger partial charge in [0, 0.05) is 42.2 Å². The molecule has 51 heavy (non-hydrogen) atoms. The van der Waals surface area contributed by atoms with Crippen molar-refractivity contribution >= 4 is 70.5 Å². The molecule has 0 spiro atoms. The zero-order chi connectivity index (χ0) is 33.7. The number of fused-ring (bicyclic) bond motifs is 6. The van der Waals surface area contributed by atoms with Crippen molar-refractivity contribution in [3.05, 3.63) is 188 Å². The van der Waals surface area contributed by atoms with Crippen molar-refractivity contribution in [2.24, 2.45) is 0 Å². The molecule has 2 nitrogen and oxygen atoms in total. The zero-order valence-corrected chi connectivity index (χ0v) is 28.5. The van der Waals surface area contributed by atoms with Gasteiger partial charge in [-0.25, -0.2) is 0 Å². The Morgan fingerprint density at radius 1 is 0.353 bits per heavy atom. The van der Waals surface area contributed by atoms with Gasteiger partial charge < -0.3 is 9.32 Å². The summed E-state index contributed by atoms with van der Waals surface area (Å²) in [5, 5.41) is 4.78. The molecule has 0 atom stereocenters. The third-order valence-corrected chi connectivity index (χ3v) is 11.1. The van der Waals surface area contributed by atoms with Crippen LogP contribution in [0.1, 0.15) is 0 Å². The van der Waals surface area contributed by atoms with Gasteiger partial charge in [0.05, 0.1) is 22.4 Å². The minimum absolute atomic E-state index is 0.868. The van der Waals surface area contributed by atoms with E-state index in [4.69, 9.17) is 4.42 Å². The molecular weight excluding hydrogens is 639 g/mol. The maximum absolute atomic E-state index is 6.47. The molecule has 240 valence electrons. The lowest BCUT2D eigenvalue weighted by atomic mass is 9.96. The summed E-state index contributed by atoms with van der Waals surface area (Å²) < 4.78 is 9.06. The van der Waals surface area contributed by atoms with E-state index < -0.39 is 0 Å². The summed E-state index contributed by atoms with van der Waals surface area (Å²) in [5.41, 5.74) is 12.1. The van der Waals surface area contributed by atoms with Gasteiger partial charge in [0.2, 0.25) is 0 Å². The lowest BCUT2D eigenvalue weighted by Crippen LogP contribution is -2.12. The van der Waals surface area contributed by atoms with Crippen LogP contribution in [0.25, 0.3) is 75.5 Å². The Labute approximate surface area is 300 Å². The monoisotopic (exact) mass is 669 g/mol. The minimum atomic E-state index is 0.868. The molecular formula is C48H31NOS. The van der Waals surface area contributed by atoms with Crippen LogP contribution in [0.5, 0.6) is 0 Å². The molecule has 8 aromatic carbocycles.